The van der Waals surface area contributed by atoms with Crippen LogP contribution in [-0.4, -0.2) is 36.5 Å². The first-order valence-corrected chi connectivity index (χ1v) is 9.32. The molecule has 26 heavy (non-hydrogen) atoms. The van der Waals surface area contributed by atoms with Crippen molar-refractivity contribution in [3.63, 3.8) is 0 Å². The van der Waals surface area contributed by atoms with E-state index < -0.39 is 5.91 Å². The molecule has 0 aliphatic carbocycles. The summed E-state index contributed by atoms with van der Waals surface area (Å²) in [6, 6.07) is 7.62. The number of nitrogens with zero attached hydrogens (tertiary/aromatic N) is 2. The number of guanidine groups is 1. The summed E-state index contributed by atoms with van der Waals surface area (Å²) in [5, 5.41) is 7.56. The predicted molar refractivity (Wildman–Crippen MR) is 105 cm³/mol. The lowest BCUT2D eigenvalue weighted by Gasteiger charge is -2.11. The average molecular weight is 375 g/mol. The molecule has 1 aromatic heterocycles. The molecule has 0 saturated carbocycles. The fourth-order valence-corrected chi connectivity index (χ4v) is 2.91. The predicted octanol–water partition coefficient (Wildman–Crippen LogP) is 1.61. The molecule has 0 aliphatic rings. The maximum Gasteiger partial charge on any atom is 0.255 e. The Morgan fingerprint density at radius 1 is 1.31 bits per heavy atom. The van der Waals surface area contributed by atoms with Crippen LogP contribution in [0.15, 0.2) is 35.5 Å². The summed E-state index contributed by atoms with van der Waals surface area (Å²) in [6.45, 7) is 6.09. The number of carbonyl (C=O) groups is 1. The molecule has 0 aliphatic heterocycles. The van der Waals surface area contributed by atoms with Gasteiger partial charge in [-0.1, -0.05) is 12.1 Å². The maximum atomic E-state index is 10.7. The largest absolute Gasteiger partial charge is 0.484 e. The normalized spacial score (nSPS) is 11.2. The molecule has 1 heterocycles. The first-order valence-electron chi connectivity index (χ1n) is 8.50. The van der Waals surface area contributed by atoms with Crippen LogP contribution in [0, 0.1) is 6.92 Å². The van der Waals surface area contributed by atoms with E-state index in [4.69, 9.17) is 10.5 Å². The average Bonchev–Trinajstić information content (AvgIpc) is 3.04. The second-order valence-electron chi connectivity index (χ2n) is 5.64. The number of primary amides is 1. The van der Waals surface area contributed by atoms with Gasteiger partial charge in [0, 0.05) is 24.2 Å². The molecular weight excluding hydrogens is 350 g/mol. The molecule has 0 fully saturated rings. The maximum absolute atomic E-state index is 10.7. The molecule has 0 spiro atoms. The third kappa shape index (κ3) is 7.10. The van der Waals surface area contributed by atoms with Crippen molar-refractivity contribution in [2.45, 2.75) is 26.8 Å². The van der Waals surface area contributed by atoms with E-state index in [0.717, 1.165) is 36.0 Å². The van der Waals surface area contributed by atoms with E-state index in [9.17, 15) is 4.79 Å². The number of hydrogen-bond acceptors (Lipinski definition) is 5. The zero-order valence-corrected chi connectivity index (χ0v) is 15.9. The molecule has 2 rings (SSSR count). The first-order chi connectivity index (χ1) is 12.6. The van der Waals surface area contributed by atoms with Gasteiger partial charge < -0.3 is 21.1 Å². The topological polar surface area (TPSA) is 102 Å². The van der Waals surface area contributed by atoms with E-state index >= 15 is 0 Å². The molecule has 0 bridgehead atoms. The molecule has 0 radical (unpaired) electrons. The second-order valence-corrected chi connectivity index (χ2v) is 6.95. The van der Waals surface area contributed by atoms with Crippen LogP contribution in [0.2, 0.25) is 0 Å². The lowest BCUT2D eigenvalue weighted by molar-refractivity contribution is -0.119. The minimum Gasteiger partial charge on any atom is -0.484 e. The lowest BCUT2D eigenvalue weighted by Crippen LogP contribution is -2.38. The van der Waals surface area contributed by atoms with E-state index in [1.807, 2.05) is 44.3 Å². The number of aliphatic imine (C=N–C) groups is 1. The molecule has 0 saturated heterocycles. The van der Waals surface area contributed by atoms with Crippen molar-refractivity contribution in [1.29, 1.82) is 0 Å². The van der Waals surface area contributed by atoms with E-state index in [0.29, 0.717) is 12.3 Å². The Labute approximate surface area is 157 Å². The Bertz CT molecular complexity index is 727. The number of aromatic nitrogens is 1. The van der Waals surface area contributed by atoms with Gasteiger partial charge in [-0.15, -0.1) is 11.3 Å². The first kappa shape index (κ1) is 19.7. The van der Waals surface area contributed by atoms with E-state index in [1.54, 1.807) is 11.3 Å². The number of nitrogens with one attached hydrogen (secondary N) is 2. The van der Waals surface area contributed by atoms with Crippen molar-refractivity contribution in [3.05, 3.63) is 45.9 Å². The molecule has 140 valence electrons. The van der Waals surface area contributed by atoms with Crippen LogP contribution in [0.1, 0.15) is 22.4 Å². The van der Waals surface area contributed by atoms with Gasteiger partial charge in [0.05, 0.1) is 6.54 Å². The Hall–Kier alpha value is -2.61. The lowest BCUT2D eigenvalue weighted by atomic mass is 10.1. The summed E-state index contributed by atoms with van der Waals surface area (Å²) in [6.07, 6.45) is 2.71. The molecule has 0 unspecified atom stereocenters. The van der Waals surface area contributed by atoms with Crippen LogP contribution >= 0.6 is 11.3 Å². The Kier molecular flexibility index (Phi) is 7.88. The van der Waals surface area contributed by atoms with E-state index in [2.05, 4.69) is 20.6 Å². The number of ether oxygens (including phenoxy) is 1. The van der Waals surface area contributed by atoms with E-state index in [1.165, 1.54) is 4.88 Å². The van der Waals surface area contributed by atoms with Crippen LogP contribution in [0.5, 0.6) is 5.75 Å². The summed E-state index contributed by atoms with van der Waals surface area (Å²) in [7, 11) is 0. The zero-order chi connectivity index (χ0) is 18.8. The second kappa shape index (κ2) is 10.4. The van der Waals surface area contributed by atoms with Gasteiger partial charge in [-0.05, 0) is 38.0 Å². The van der Waals surface area contributed by atoms with Crippen LogP contribution in [0.25, 0.3) is 0 Å². The number of amides is 1. The minimum atomic E-state index is -0.485. The van der Waals surface area contributed by atoms with Gasteiger partial charge in [0.1, 0.15) is 10.8 Å². The Morgan fingerprint density at radius 3 is 2.69 bits per heavy atom. The highest BCUT2D eigenvalue weighted by Crippen LogP contribution is 2.13. The number of carbonyl (C=O) groups excluding carboxylic acids is 1. The van der Waals surface area contributed by atoms with Crippen LogP contribution in [0.4, 0.5) is 0 Å². The number of thiazole rings is 1. The monoisotopic (exact) mass is 375 g/mol. The van der Waals surface area contributed by atoms with Crippen molar-refractivity contribution in [1.82, 2.24) is 15.6 Å². The van der Waals surface area contributed by atoms with Gasteiger partial charge in [-0.25, -0.2) is 9.98 Å². The van der Waals surface area contributed by atoms with Gasteiger partial charge in [0.25, 0.3) is 5.91 Å². The van der Waals surface area contributed by atoms with Crippen molar-refractivity contribution < 1.29 is 9.53 Å². The standard InChI is InChI=1S/C18H25N5O2S/c1-3-20-18(23-11-17-22-10-13(2)26-17)21-9-8-14-4-6-15(7-5-14)25-12-16(19)24/h4-7,10H,3,8-9,11-12H2,1-2H3,(H2,19,24)(H2,20,21,23). The van der Waals surface area contributed by atoms with Crippen molar-refractivity contribution >= 4 is 23.2 Å². The molecule has 8 heteroatoms. The van der Waals surface area contributed by atoms with Gasteiger partial charge in [-0.2, -0.15) is 0 Å². The van der Waals surface area contributed by atoms with Crippen LogP contribution in [-0.2, 0) is 17.8 Å². The van der Waals surface area contributed by atoms with Gasteiger partial charge >= 0.3 is 0 Å². The highest BCUT2D eigenvalue weighted by molar-refractivity contribution is 7.11. The van der Waals surface area contributed by atoms with Crippen LogP contribution in [0.3, 0.4) is 0 Å². The summed E-state index contributed by atoms with van der Waals surface area (Å²) in [5.41, 5.74) is 6.22. The Morgan fingerprint density at radius 2 is 2.08 bits per heavy atom. The molecule has 7 nitrogen and oxygen atoms in total. The highest BCUT2D eigenvalue weighted by atomic mass is 32.1. The van der Waals surface area contributed by atoms with Crippen molar-refractivity contribution in [2.75, 3.05) is 19.7 Å². The quantitative estimate of drug-likeness (QED) is 0.457. The smallest absolute Gasteiger partial charge is 0.255 e. The number of benzene rings is 1. The summed E-state index contributed by atoms with van der Waals surface area (Å²) < 4.78 is 5.25. The number of nitrogens with two attached hydrogens (primary N) is 1. The fourth-order valence-electron chi connectivity index (χ4n) is 2.20. The van der Waals surface area contributed by atoms with Gasteiger partial charge in [0.15, 0.2) is 12.6 Å². The fraction of sp³-hybridized carbons (Fsp3) is 0.389. The molecule has 4 N–H and O–H groups in total. The minimum absolute atomic E-state index is 0.109. The number of rotatable bonds is 9. The highest BCUT2D eigenvalue weighted by Gasteiger charge is 2.02. The Balaban J connectivity index is 1.80. The number of aryl methyl sites for hydroxylation is 1. The summed E-state index contributed by atoms with van der Waals surface area (Å²) in [4.78, 5) is 20.8. The molecule has 2 aromatic rings. The van der Waals surface area contributed by atoms with Gasteiger partial charge in [0.2, 0.25) is 0 Å². The molecule has 1 aromatic carbocycles. The van der Waals surface area contributed by atoms with E-state index in [-0.39, 0.29) is 6.61 Å². The third-order valence-corrected chi connectivity index (χ3v) is 4.29. The summed E-state index contributed by atoms with van der Waals surface area (Å²) >= 11 is 1.66. The van der Waals surface area contributed by atoms with Crippen LogP contribution < -0.4 is 21.1 Å². The third-order valence-electron chi connectivity index (χ3n) is 3.40. The summed E-state index contributed by atoms with van der Waals surface area (Å²) in [5.74, 6) is 0.928. The zero-order valence-electron chi connectivity index (χ0n) is 15.1. The number of hydrogen-bond donors (Lipinski definition) is 3. The van der Waals surface area contributed by atoms with Gasteiger partial charge in [-0.3, -0.25) is 4.79 Å². The molecule has 1 amide bonds. The molecule has 0 atom stereocenters. The SMILES string of the molecule is CCNC(=NCc1ncc(C)s1)NCCc1ccc(OCC(N)=O)cc1. The van der Waals surface area contributed by atoms with Crippen molar-refractivity contribution in [2.24, 2.45) is 10.7 Å². The molecular formula is C18H25N5O2S. The van der Waals surface area contributed by atoms with Crippen molar-refractivity contribution in [3.8, 4) is 5.75 Å².